The molecule has 0 aliphatic heterocycles. The summed E-state index contributed by atoms with van der Waals surface area (Å²) in [5.41, 5.74) is 0. The van der Waals surface area contributed by atoms with Crippen LogP contribution >= 0.6 is 0 Å². The van der Waals surface area contributed by atoms with Crippen molar-refractivity contribution in [3.8, 4) is 0 Å². The standard InChI is InChI=1S/CH4.In.O.Sn.3H/h1H4;;;;;;. The van der Waals surface area contributed by atoms with Crippen LogP contribution in [0.15, 0.2) is 0 Å². The van der Waals surface area contributed by atoms with Crippen molar-refractivity contribution in [2.75, 3.05) is 0 Å². The van der Waals surface area contributed by atoms with Gasteiger partial charge in [-0.1, -0.05) is 7.43 Å². The Kier molecular flexibility index (Phi) is 112. The molecule has 0 fully saturated rings. The quantitative estimate of drug-likeness (QED) is 0.513. The van der Waals surface area contributed by atoms with Crippen molar-refractivity contribution in [2.24, 2.45) is 0 Å². The zero-order valence-electron chi connectivity index (χ0n) is 0.908. The van der Waals surface area contributed by atoms with E-state index in [0.29, 0.717) is 22.5 Å². The fourth-order valence-electron chi connectivity index (χ4n) is 0. The van der Waals surface area contributed by atoms with Gasteiger partial charge in [0.15, 0.2) is 0 Å². The third-order valence-electron chi connectivity index (χ3n) is 0. The molecular weight excluding hydrogens is 262 g/mol. The summed E-state index contributed by atoms with van der Waals surface area (Å²) in [6.07, 6.45) is 0. The van der Waals surface area contributed by atoms with Gasteiger partial charge in [0.1, 0.15) is 0 Å². The van der Waals surface area contributed by atoms with E-state index in [1.807, 2.05) is 0 Å². The molecule has 24 valence electrons. The van der Waals surface area contributed by atoms with Crippen LogP contribution in [0.3, 0.4) is 0 Å². The predicted molar refractivity (Wildman–Crippen MR) is 23.1 cm³/mol. The van der Waals surface area contributed by atoms with Crippen molar-refractivity contribution in [1.29, 1.82) is 0 Å². The van der Waals surface area contributed by atoms with Gasteiger partial charge in [-0.15, -0.1) is 0 Å². The van der Waals surface area contributed by atoms with Gasteiger partial charge in [0, 0.05) is 0 Å². The van der Waals surface area contributed by atoms with E-state index in [1.54, 1.807) is 0 Å². The van der Waals surface area contributed by atoms with Crippen molar-refractivity contribution >= 4 is 48.4 Å². The molecule has 0 heterocycles. The molecule has 2 radical (unpaired) electrons. The summed E-state index contributed by atoms with van der Waals surface area (Å²) in [7, 11) is 0. The number of hydrogen-bond acceptors (Lipinski definition) is 1. The molecule has 0 aromatic rings. The third-order valence-corrected chi connectivity index (χ3v) is 0. The predicted octanol–water partition coefficient (Wildman–Crippen LogP) is -1.05. The van der Waals surface area contributed by atoms with Crippen molar-refractivity contribution in [3.63, 3.8) is 0 Å². The Morgan fingerprint density at radius 3 is 1.25 bits per heavy atom. The van der Waals surface area contributed by atoms with E-state index in [4.69, 9.17) is 3.08 Å². The average molecular weight is 269 g/mol. The normalized spacial score (nSPS) is 1.00. The van der Waals surface area contributed by atoms with Crippen LogP contribution in [-0.2, 0) is 3.08 Å². The van der Waals surface area contributed by atoms with E-state index in [2.05, 4.69) is 0 Å². The fourth-order valence-corrected chi connectivity index (χ4v) is 0. The molecule has 1 nitrogen and oxygen atoms in total. The first-order chi connectivity index (χ1) is 1.00. The SMILES string of the molecule is C.[InH3].[O]=[Sn]. The zero-order valence-corrected chi connectivity index (χ0v) is 3.76. The van der Waals surface area contributed by atoms with Crippen LogP contribution in [0.4, 0.5) is 0 Å². The molecule has 4 heavy (non-hydrogen) atoms. The van der Waals surface area contributed by atoms with Crippen molar-refractivity contribution < 1.29 is 3.08 Å². The molecular formula is CH7InOSn. The first-order valence-electron chi connectivity index (χ1n) is 0.204. The molecule has 0 aromatic carbocycles. The van der Waals surface area contributed by atoms with E-state index < -0.39 is 0 Å². The molecule has 0 saturated heterocycles. The summed E-state index contributed by atoms with van der Waals surface area (Å²) in [5.74, 6) is 0. The molecule has 0 bridgehead atoms. The minimum atomic E-state index is 0. The van der Waals surface area contributed by atoms with Crippen molar-refractivity contribution in [2.45, 2.75) is 7.43 Å². The van der Waals surface area contributed by atoms with Gasteiger partial charge < -0.3 is 0 Å². The van der Waals surface area contributed by atoms with Gasteiger partial charge in [0.05, 0.1) is 0 Å². The molecule has 0 aliphatic carbocycles. The average Bonchev–Trinajstić information content (AvgIpc) is 1.00. The van der Waals surface area contributed by atoms with Crippen LogP contribution in [0, 0.1) is 0 Å². The molecule has 0 unspecified atom stereocenters. The van der Waals surface area contributed by atoms with Crippen LogP contribution in [0.2, 0.25) is 0 Å². The van der Waals surface area contributed by atoms with Crippen LogP contribution < -0.4 is 0 Å². The second-order valence-corrected chi connectivity index (χ2v) is 0. The first kappa shape index (κ1) is 17.9. The van der Waals surface area contributed by atoms with Crippen LogP contribution in [0.1, 0.15) is 7.43 Å². The van der Waals surface area contributed by atoms with Gasteiger partial charge in [0.25, 0.3) is 0 Å². The fraction of sp³-hybridized carbons (Fsp3) is 1.00. The van der Waals surface area contributed by atoms with Gasteiger partial charge in [0.2, 0.25) is 0 Å². The van der Waals surface area contributed by atoms with Gasteiger partial charge in [-0.05, 0) is 0 Å². The molecule has 3 heteroatoms. The molecule has 0 atom stereocenters. The van der Waals surface area contributed by atoms with Crippen LogP contribution in [-0.4, -0.2) is 48.4 Å². The Morgan fingerprint density at radius 2 is 1.25 bits per heavy atom. The Labute approximate surface area is 58.4 Å². The third kappa shape index (κ3) is 9.80. The van der Waals surface area contributed by atoms with E-state index in [-0.39, 0.29) is 33.3 Å². The monoisotopic (exact) mass is 270 g/mol. The van der Waals surface area contributed by atoms with Gasteiger partial charge in [-0.25, -0.2) is 0 Å². The molecule has 0 saturated carbocycles. The summed E-state index contributed by atoms with van der Waals surface area (Å²) in [5, 5.41) is 0. The molecule has 0 spiro atoms. The summed E-state index contributed by atoms with van der Waals surface area (Å²) in [6.45, 7) is 0. The topological polar surface area (TPSA) is 17.1 Å². The van der Waals surface area contributed by atoms with E-state index in [9.17, 15) is 0 Å². The molecule has 0 aromatic heterocycles. The summed E-state index contributed by atoms with van der Waals surface area (Å²) >= 11 is 0.300. The summed E-state index contributed by atoms with van der Waals surface area (Å²) in [6, 6.07) is 0. The Balaban J connectivity index is -0.00000000500. The van der Waals surface area contributed by atoms with E-state index in [0.717, 1.165) is 0 Å². The van der Waals surface area contributed by atoms with Crippen LogP contribution in [0.25, 0.3) is 0 Å². The summed E-state index contributed by atoms with van der Waals surface area (Å²) < 4.78 is 8.34. The number of hydrogen-bond donors (Lipinski definition) is 0. The molecule has 0 N–H and O–H groups in total. The first-order valence-corrected chi connectivity index (χ1v) is 1.37. The maximum atomic E-state index is 8.34. The summed E-state index contributed by atoms with van der Waals surface area (Å²) in [4.78, 5) is 0. The zero-order chi connectivity index (χ0) is 2.00. The minimum absolute atomic E-state index is 0. The number of rotatable bonds is 0. The van der Waals surface area contributed by atoms with E-state index >= 15 is 0 Å². The van der Waals surface area contributed by atoms with Gasteiger partial charge >= 0.3 is 51.4 Å². The van der Waals surface area contributed by atoms with Gasteiger partial charge in [-0.3, -0.25) is 0 Å². The van der Waals surface area contributed by atoms with Crippen molar-refractivity contribution in [3.05, 3.63) is 0 Å². The van der Waals surface area contributed by atoms with Gasteiger partial charge in [-0.2, -0.15) is 0 Å². The Hall–Kier alpha value is 1.47. The van der Waals surface area contributed by atoms with E-state index in [1.165, 1.54) is 0 Å². The molecule has 0 amide bonds. The molecule has 0 aliphatic rings. The van der Waals surface area contributed by atoms with Crippen molar-refractivity contribution in [1.82, 2.24) is 0 Å². The molecule has 0 rings (SSSR count). The Bertz CT molecular complexity index is 8.00. The second-order valence-electron chi connectivity index (χ2n) is 0. The Morgan fingerprint density at radius 1 is 1.25 bits per heavy atom. The second kappa shape index (κ2) is 24.9. The maximum absolute atomic E-state index is 8.34. The van der Waals surface area contributed by atoms with Crippen LogP contribution in [0.5, 0.6) is 0 Å².